The van der Waals surface area contributed by atoms with Crippen LogP contribution in [0.15, 0.2) is 0 Å². The highest BCUT2D eigenvalue weighted by Gasteiger charge is 2.15. The first-order valence-corrected chi connectivity index (χ1v) is 6.26. The van der Waals surface area contributed by atoms with E-state index in [0.29, 0.717) is 6.04 Å². The highest BCUT2D eigenvalue weighted by Crippen LogP contribution is 2.16. The van der Waals surface area contributed by atoms with Gasteiger partial charge in [0.15, 0.2) is 0 Å². The molecule has 0 aromatic carbocycles. The van der Waals surface area contributed by atoms with Gasteiger partial charge >= 0.3 is 0 Å². The Hall–Kier alpha value is -0.570. The molecule has 1 amide bonds. The third kappa shape index (κ3) is 5.17. The number of carbonyl (C=O) groups excluding carboxylic acids is 1. The van der Waals surface area contributed by atoms with Crippen molar-refractivity contribution in [3.8, 4) is 0 Å². The fourth-order valence-corrected chi connectivity index (χ4v) is 2.11. The number of carbonyl (C=O) groups is 1. The molecule has 0 bridgehead atoms. The normalized spacial score (nSPS) is 22.3. The van der Waals surface area contributed by atoms with Crippen molar-refractivity contribution < 1.29 is 4.79 Å². The van der Waals surface area contributed by atoms with E-state index in [4.69, 9.17) is 5.73 Å². The van der Waals surface area contributed by atoms with Crippen molar-refractivity contribution in [2.45, 2.75) is 70.4 Å². The minimum atomic E-state index is -0.377. The Morgan fingerprint density at radius 3 is 2.07 bits per heavy atom. The molecule has 88 valence electrons. The summed E-state index contributed by atoms with van der Waals surface area (Å²) < 4.78 is 0. The Bertz CT molecular complexity index is 182. The zero-order chi connectivity index (χ0) is 11.1. The third-order valence-electron chi connectivity index (χ3n) is 3.12. The van der Waals surface area contributed by atoms with Gasteiger partial charge in [0, 0.05) is 6.04 Å². The molecule has 3 N–H and O–H groups in total. The van der Waals surface area contributed by atoms with Crippen LogP contribution in [0.5, 0.6) is 0 Å². The van der Waals surface area contributed by atoms with Crippen molar-refractivity contribution in [3.05, 3.63) is 0 Å². The molecule has 0 unspecified atom stereocenters. The summed E-state index contributed by atoms with van der Waals surface area (Å²) in [4.78, 5) is 11.5. The first-order valence-electron chi connectivity index (χ1n) is 6.26. The van der Waals surface area contributed by atoms with Gasteiger partial charge in [0.2, 0.25) is 5.91 Å². The summed E-state index contributed by atoms with van der Waals surface area (Å²) in [5.74, 6) is -0.000697. The second-order valence-corrected chi connectivity index (χ2v) is 4.69. The molecule has 1 aliphatic carbocycles. The van der Waals surface area contributed by atoms with Crippen LogP contribution in [0, 0.1) is 0 Å². The smallest absolute Gasteiger partial charge is 0.236 e. The second-order valence-electron chi connectivity index (χ2n) is 4.69. The molecule has 1 saturated carbocycles. The van der Waals surface area contributed by atoms with Crippen LogP contribution in [0.3, 0.4) is 0 Å². The van der Waals surface area contributed by atoms with Crippen LogP contribution in [-0.2, 0) is 4.79 Å². The maximum atomic E-state index is 11.5. The average molecular weight is 212 g/mol. The summed E-state index contributed by atoms with van der Waals surface area (Å²) in [7, 11) is 0. The van der Waals surface area contributed by atoms with Crippen LogP contribution in [0.1, 0.15) is 58.3 Å². The summed E-state index contributed by atoms with van der Waals surface area (Å²) in [6.45, 7) is 1.74. The summed E-state index contributed by atoms with van der Waals surface area (Å²) in [5.41, 5.74) is 5.54. The van der Waals surface area contributed by atoms with Crippen molar-refractivity contribution in [1.29, 1.82) is 0 Å². The van der Waals surface area contributed by atoms with Crippen LogP contribution >= 0.6 is 0 Å². The van der Waals surface area contributed by atoms with Gasteiger partial charge in [-0.3, -0.25) is 4.79 Å². The van der Waals surface area contributed by atoms with Crippen LogP contribution < -0.4 is 11.1 Å². The van der Waals surface area contributed by atoms with Gasteiger partial charge in [-0.05, 0) is 19.8 Å². The number of hydrogen-bond donors (Lipinski definition) is 2. The maximum absolute atomic E-state index is 11.5. The Morgan fingerprint density at radius 2 is 1.60 bits per heavy atom. The van der Waals surface area contributed by atoms with Crippen LogP contribution in [0.25, 0.3) is 0 Å². The molecule has 0 saturated heterocycles. The minimum Gasteiger partial charge on any atom is -0.352 e. The molecular weight excluding hydrogens is 188 g/mol. The Kier molecular flexibility index (Phi) is 5.69. The predicted octanol–water partition coefficient (Wildman–Crippen LogP) is 1.95. The number of rotatable bonds is 2. The quantitative estimate of drug-likeness (QED) is 0.735. The molecule has 15 heavy (non-hydrogen) atoms. The van der Waals surface area contributed by atoms with Crippen LogP contribution in [-0.4, -0.2) is 18.0 Å². The van der Waals surface area contributed by atoms with Crippen molar-refractivity contribution in [3.63, 3.8) is 0 Å². The highest BCUT2D eigenvalue weighted by molar-refractivity contribution is 5.81. The lowest BCUT2D eigenvalue weighted by atomic mass is 10.0. The SMILES string of the molecule is C[C@H](N)C(=O)NC1CCCCCCCC1. The van der Waals surface area contributed by atoms with Gasteiger partial charge in [0.25, 0.3) is 0 Å². The molecule has 0 aromatic heterocycles. The van der Waals surface area contributed by atoms with Gasteiger partial charge < -0.3 is 11.1 Å². The fraction of sp³-hybridized carbons (Fsp3) is 0.917. The van der Waals surface area contributed by atoms with Crippen molar-refractivity contribution in [2.24, 2.45) is 5.73 Å². The Labute approximate surface area is 92.8 Å². The van der Waals surface area contributed by atoms with E-state index in [1.807, 2.05) is 0 Å². The van der Waals surface area contributed by atoms with Gasteiger partial charge in [-0.25, -0.2) is 0 Å². The molecule has 0 aliphatic heterocycles. The molecule has 1 aliphatic rings. The lowest BCUT2D eigenvalue weighted by molar-refractivity contribution is -0.122. The average Bonchev–Trinajstić information content (AvgIpc) is 2.31. The monoisotopic (exact) mass is 212 g/mol. The number of hydrogen-bond acceptors (Lipinski definition) is 2. The summed E-state index contributed by atoms with van der Waals surface area (Å²) in [6, 6.07) is -0.0146. The van der Waals surface area contributed by atoms with Crippen molar-refractivity contribution in [2.75, 3.05) is 0 Å². The van der Waals surface area contributed by atoms with Crippen molar-refractivity contribution in [1.82, 2.24) is 5.32 Å². The van der Waals surface area contributed by atoms with E-state index in [9.17, 15) is 4.79 Å². The topological polar surface area (TPSA) is 55.1 Å². The van der Waals surface area contributed by atoms with E-state index in [1.165, 1.54) is 38.5 Å². The summed E-state index contributed by atoms with van der Waals surface area (Å²) in [6.07, 6.45) is 10.1. The number of amides is 1. The van der Waals surface area contributed by atoms with E-state index in [-0.39, 0.29) is 11.9 Å². The number of nitrogens with two attached hydrogens (primary N) is 1. The highest BCUT2D eigenvalue weighted by atomic mass is 16.2. The standard InChI is InChI=1S/C12H24N2O/c1-10(13)12(15)14-11-8-6-4-2-3-5-7-9-11/h10-11H,2-9,13H2,1H3,(H,14,15)/t10-/m0/s1. The van der Waals surface area contributed by atoms with Gasteiger partial charge in [0.05, 0.1) is 6.04 Å². The first kappa shape index (κ1) is 12.5. The zero-order valence-corrected chi connectivity index (χ0v) is 9.80. The molecule has 3 heteroatoms. The molecule has 0 radical (unpaired) electrons. The summed E-state index contributed by atoms with van der Waals surface area (Å²) in [5, 5.41) is 3.05. The predicted molar refractivity (Wildman–Crippen MR) is 62.5 cm³/mol. The van der Waals surface area contributed by atoms with Crippen molar-refractivity contribution >= 4 is 5.91 Å². The lowest BCUT2D eigenvalue weighted by Crippen LogP contribution is -2.43. The van der Waals surface area contributed by atoms with Crippen LogP contribution in [0.2, 0.25) is 0 Å². The molecular formula is C12H24N2O. The molecule has 0 spiro atoms. The molecule has 1 atom stereocenters. The maximum Gasteiger partial charge on any atom is 0.236 e. The Morgan fingerprint density at radius 1 is 1.13 bits per heavy atom. The minimum absolute atomic E-state index is 0.000697. The molecule has 1 rings (SSSR count). The fourth-order valence-electron chi connectivity index (χ4n) is 2.11. The van der Waals surface area contributed by atoms with E-state index in [0.717, 1.165) is 12.8 Å². The molecule has 0 aromatic rings. The molecule has 1 fully saturated rings. The molecule has 0 heterocycles. The van der Waals surface area contributed by atoms with Gasteiger partial charge in [0.1, 0.15) is 0 Å². The Balaban J connectivity index is 2.33. The zero-order valence-electron chi connectivity index (χ0n) is 9.80. The third-order valence-corrected chi connectivity index (χ3v) is 3.12. The van der Waals surface area contributed by atoms with E-state index in [1.54, 1.807) is 6.92 Å². The lowest BCUT2D eigenvalue weighted by Gasteiger charge is -2.19. The molecule has 3 nitrogen and oxygen atoms in total. The van der Waals surface area contributed by atoms with E-state index in [2.05, 4.69) is 5.32 Å². The van der Waals surface area contributed by atoms with E-state index >= 15 is 0 Å². The van der Waals surface area contributed by atoms with E-state index < -0.39 is 0 Å². The van der Waals surface area contributed by atoms with Gasteiger partial charge in [-0.15, -0.1) is 0 Å². The number of nitrogens with one attached hydrogen (secondary N) is 1. The van der Waals surface area contributed by atoms with Gasteiger partial charge in [-0.2, -0.15) is 0 Å². The second kappa shape index (κ2) is 6.83. The van der Waals surface area contributed by atoms with Crippen LogP contribution in [0.4, 0.5) is 0 Å². The van der Waals surface area contributed by atoms with Gasteiger partial charge in [-0.1, -0.05) is 38.5 Å². The largest absolute Gasteiger partial charge is 0.352 e. The summed E-state index contributed by atoms with van der Waals surface area (Å²) >= 11 is 0. The first-order chi connectivity index (χ1) is 7.20.